The highest BCUT2D eigenvalue weighted by Crippen LogP contribution is 2.13. The molecule has 0 spiro atoms. The number of ether oxygens (including phenoxy) is 1. The van der Waals surface area contributed by atoms with E-state index in [1.807, 2.05) is 0 Å². The van der Waals surface area contributed by atoms with Crippen molar-refractivity contribution in [3.8, 4) is 0 Å². The monoisotopic (exact) mass is 217 g/mol. The van der Waals surface area contributed by atoms with E-state index in [1.165, 1.54) is 0 Å². The number of nitrogens with two attached hydrogens (primary N) is 1. The minimum atomic E-state index is -0.961. The minimum Gasteiger partial charge on any atom is -0.481 e. The smallest absolute Gasteiger partial charge is 0.315 e. The number of rotatable bonds is 4. The molecular weight excluding hydrogens is 202 g/mol. The van der Waals surface area contributed by atoms with Gasteiger partial charge in [0.25, 0.3) is 0 Å². The average Bonchev–Trinajstić information content (AvgIpc) is 2.62. The quantitative estimate of drug-likeness (QED) is 0.450. The van der Waals surface area contributed by atoms with E-state index in [0.717, 1.165) is 0 Å². The second-order valence-corrected chi connectivity index (χ2v) is 3.28. The molecule has 0 aromatic carbocycles. The van der Waals surface area contributed by atoms with Gasteiger partial charge in [0, 0.05) is 13.1 Å². The van der Waals surface area contributed by atoms with Crippen LogP contribution >= 0.6 is 0 Å². The van der Waals surface area contributed by atoms with Crippen LogP contribution in [0.15, 0.2) is 0 Å². The number of aliphatic carboxylic acids is 1. The van der Waals surface area contributed by atoms with Crippen molar-refractivity contribution in [2.75, 3.05) is 26.3 Å². The van der Waals surface area contributed by atoms with Gasteiger partial charge in [0.15, 0.2) is 0 Å². The summed E-state index contributed by atoms with van der Waals surface area (Å²) in [6, 6.07) is -0.887. The van der Waals surface area contributed by atoms with Gasteiger partial charge in [-0.1, -0.05) is 0 Å². The molecule has 7 heteroatoms. The van der Waals surface area contributed by atoms with E-state index in [1.54, 1.807) is 0 Å². The lowest BCUT2D eigenvalue weighted by Crippen LogP contribution is -2.48. The van der Waals surface area contributed by atoms with E-state index < -0.39 is 24.0 Å². The Balaban J connectivity index is 2.36. The zero-order valence-electron chi connectivity index (χ0n) is 8.23. The summed E-state index contributed by atoms with van der Waals surface area (Å²) in [5.41, 5.74) is 5.20. The number of hydrogen-bond acceptors (Lipinski definition) is 4. The summed E-state index contributed by atoms with van der Waals surface area (Å²) >= 11 is 0. The van der Waals surface area contributed by atoms with Crippen LogP contribution in [0.25, 0.3) is 0 Å². The molecule has 0 aromatic rings. The number of urea groups is 1. The first-order valence-electron chi connectivity index (χ1n) is 4.70. The average molecular weight is 217 g/mol. The molecule has 2 amide bonds. The molecule has 0 saturated carbocycles. The van der Waals surface area contributed by atoms with Crippen molar-refractivity contribution in [1.82, 2.24) is 10.6 Å². The van der Waals surface area contributed by atoms with Crippen LogP contribution < -0.4 is 16.4 Å². The number of carbonyl (C=O) groups excluding carboxylic acids is 1. The Morgan fingerprint density at radius 2 is 2.20 bits per heavy atom. The molecule has 1 heterocycles. The topological polar surface area (TPSA) is 114 Å². The van der Waals surface area contributed by atoms with Crippen LogP contribution in [0.1, 0.15) is 0 Å². The maximum atomic E-state index is 11.2. The summed E-state index contributed by atoms with van der Waals surface area (Å²) in [4.78, 5) is 21.9. The Hall–Kier alpha value is -1.34. The zero-order chi connectivity index (χ0) is 11.3. The lowest BCUT2D eigenvalue weighted by atomic mass is 10.0. The van der Waals surface area contributed by atoms with E-state index in [4.69, 9.17) is 15.6 Å². The molecule has 1 aliphatic rings. The second-order valence-electron chi connectivity index (χ2n) is 3.28. The molecule has 0 bridgehead atoms. The van der Waals surface area contributed by atoms with Crippen LogP contribution in [0.5, 0.6) is 0 Å². The number of nitrogens with one attached hydrogen (secondary N) is 2. The Kier molecular flexibility index (Phi) is 4.32. The van der Waals surface area contributed by atoms with Gasteiger partial charge in [0.05, 0.1) is 19.3 Å². The van der Waals surface area contributed by atoms with Gasteiger partial charge in [0.1, 0.15) is 5.92 Å². The second kappa shape index (κ2) is 5.52. The van der Waals surface area contributed by atoms with Crippen LogP contribution in [0.3, 0.4) is 0 Å². The molecule has 1 saturated heterocycles. The molecule has 86 valence electrons. The zero-order valence-corrected chi connectivity index (χ0v) is 8.23. The lowest BCUT2D eigenvalue weighted by molar-refractivity contribution is -0.142. The van der Waals surface area contributed by atoms with E-state index in [9.17, 15) is 9.59 Å². The molecule has 0 aromatic heterocycles. The van der Waals surface area contributed by atoms with Gasteiger partial charge in [-0.15, -0.1) is 0 Å². The van der Waals surface area contributed by atoms with Crippen LogP contribution in [0, 0.1) is 5.92 Å². The predicted molar refractivity (Wildman–Crippen MR) is 51.3 cm³/mol. The maximum Gasteiger partial charge on any atom is 0.315 e. The van der Waals surface area contributed by atoms with E-state index in [-0.39, 0.29) is 13.2 Å². The Morgan fingerprint density at radius 3 is 2.80 bits per heavy atom. The van der Waals surface area contributed by atoms with E-state index in [2.05, 4.69) is 10.6 Å². The van der Waals surface area contributed by atoms with Crippen molar-refractivity contribution in [1.29, 1.82) is 0 Å². The molecule has 15 heavy (non-hydrogen) atoms. The molecule has 1 rings (SSSR count). The Morgan fingerprint density at radius 1 is 1.47 bits per heavy atom. The fourth-order valence-corrected chi connectivity index (χ4v) is 1.35. The highest BCUT2D eigenvalue weighted by molar-refractivity contribution is 5.77. The summed E-state index contributed by atoms with van der Waals surface area (Å²) in [5, 5.41) is 13.8. The molecule has 1 fully saturated rings. The molecule has 0 radical (unpaired) electrons. The fraction of sp³-hybridized carbons (Fsp3) is 0.750. The third-order valence-corrected chi connectivity index (χ3v) is 2.14. The number of hydrogen-bond donors (Lipinski definition) is 4. The van der Waals surface area contributed by atoms with Gasteiger partial charge in [-0.2, -0.15) is 0 Å². The van der Waals surface area contributed by atoms with Crippen molar-refractivity contribution in [2.45, 2.75) is 6.04 Å². The third-order valence-electron chi connectivity index (χ3n) is 2.14. The lowest BCUT2D eigenvalue weighted by Gasteiger charge is -2.15. The van der Waals surface area contributed by atoms with Gasteiger partial charge in [-0.05, 0) is 0 Å². The van der Waals surface area contributed by atoms with Gasteiger partial charge in [0.2, 0.25) is 0 Å². The SMILES string of the molecule is NCCNC(=O)NC1COCC1C(=O)O. The molecule has 5 N–H and O–H groups in total. The van der Waals surface area contributed by atoms with Crippen LogP contribution in [0.2, 0.25) is 0 Å². The van der Waals surface area contributed by atoms with Crippen molar-refractivity contribution in [2.24, 2.45) is 11.7 Å². The molecule has 0 aliphatic carbocycles. The predicted octanol–water partition coefficient (Wildman–Crippen LogP) is -1.66. The van der Waals surface area contributed by atoms with E-state index >= 15 is 0 Å². The van der Waals surface area contributed by atoms with Crippen LogP contribution in [-0.2, 0) is 9.53 Å². The molecule has 2 unspecified atom stereocenters. The van der Waals surface area contributed by atoms with Crippen molar-refractivity contribution < 1.29 is 19.4 Å². The van der Waals surface area contributed by atoms with E-state index in [0.29, 0.717) is 13.1 Å². The molecular formula is C8H15N3O4. The minimum absolute atomic E-state index is 0.136. The maximum absolute atomic E-state index is 11.2. The first-order valence-corrected chi connectivity index (χ1v) is 4.70. The van der Waals surface area contributed by atoms with Crippen LogP contribution in [0.4, 0.5) is 4.79 Å². The summed E-state index contributed by atoms with van der Waals surface area (Å²) in [7, 11) is 0. The fourth-order valence-electron chi connectivity index (χ4n) is 1.35. The molecule has 7 nitrogen and oxygen atoms in total. The molecule has 2 atom stereocenters. The number of carbonyl (C=O) groups is 2. The van der Waals surface area contributed by atoms with Gasteiger partial charge >= 0.3 is 12.0 Å². The van der Waals surface area contributed by atoms with Gasteiger partial charge in [-0.3, -0.25) is 4.79 Å². The standard InChI is InChI=1S/C8H15N3O4/c9-1-2-10-8(14)11-6-4-15-3-5(6)7(12)13/h5-6H,1-4,9H2,(H,12,13)(H2,10,11,14). The number of amides is 2. The van der Waals surface area contributed by atoms with Crippen molar-refractivity contribution in [3.05, 3.63) is 0 Å². The first-order chi connectivity index (χ1) is 7.15. The Labute approximate surface area is 87.0 Å². The number of carboxylic acid groups (broad SMARTS) is 1. The largest absolute Gasteiger partial charge is 0.481 e. The van der Waals surface area contributed by atoms with Crippen molar-refractivity contribution in [3.63, 3.8) is 0 Å². The summed E-state index contributed by atoms with van der Waals surface area (Å²) in [6.07, 6.45) is 0. The highest BCUT2D eigenvalue weighted by atomic mass is 16.5. The third kappa shape index (κ3) is 3.37. The summed E-state index contributed by atoms with van der Waals surface area (Å²) in [5.74, 6) is -1.63. The van der Waals surface area contributed by atoms with Gasteiger partial charge in [-0.25, -0.2) is 4.79 Å². The first kappa shape index (κ1) is 11.7. The van der Waals surface area contributed by atoms with Crippen molar-refractivity contribution >= 4 is 12.0 Å². The van der Waals surface area contributed by atoms with Gasteiger partial charge < -0.3 is 26.2 Å². The molecule has 1 aliphatic heterocycles. The Bertz CT molecular complexity index is 246. The highest BCUT2D eigenvalue weighted by Gasteiger charge is 2.34. The number of carboxylic acids is 1. The summed E-state index contributed by atoms with van der Waals surface area (Å²) in [6.45, 7) is 1.07. The van der Waals surface area contributed by atoms with Crippen LogP contribution in [-0.4, -0.2) is 49.5 Å². The normalized spacial score (nSPS) is 24.9. The summed E-state index contributed by atoms with van der Waals surface area (Å²) < 4.78 is 4.99.